The maximum absolute atomic E-state index is 11.3. The van der Waals surface area contributed by atoms with Gasteiger partial charge < -0.3 is 4.74 Å². The van der Waals surface area contributed by atoms with Crippen molar-refractivity contribution < 1.29 is 9.53 Å². The maximum atomic E-state index is 11.3. The third-order valence-corrected chi connectivity index (χ3v) is 2.26. The molecule has 1 aromatic rings. The van der Waals surface area contributed by atoms with E-state index in [0.29, 0.717) is 6.42 Å². The molecule has 0 bridgehead atoms. The minimum Gasteiger partial charge on any atom is -0.486 e. The minimum absolute atomic E-state index is 0.165. The minimum atomic E-state index is 0.165. The Hall–Kier alpha value is -1.31. The van der Waals surface area contributed by atoms with Crippen LogP contribution >= 0.6 is 0 Å². The molecule has 0 atom stereocenters. The molecular weight excluding hydrogens is 188 g/mol. The van der Waals surface area contributed by atoms with E-state index < -0.39 is 0 Å². The molecule has 0 aliphatic rings. The van der Waals surface area contributed by atoms with Gasteiger partial charge in [-0.05, 0) is 37.5 Å². The number of ether oxygens (including phenoxy) is 1. The van der Waals surface area contributed by atoms with Gasteiger partial charge in [-0.3, -0.25) is 4.79 Å². The van der Waals surface area contributed by atoms with Crippen molar-refractivity contribution in [2.45, 2.75) is 33.6 Å². The van der Waals surface area contributed by atoms with Crippen LogP contribution in [0, 0.1) is 13.8 Å². The molecule has 1 rings (SSSR count). The number of hydrogen-bond donors (Lipinski definition) is 0. The monoisotopic (exact) mass is 206 g/mol. The van der Waals surface area contributed by atoms with Crippen molar-refractivity contribution in [3.8, 4) is 5.75 Å². The van der Waals surface area contributed by atoms with Crippen molar-refractivity contribution in [3.05, 3.63) is 29.3 Å². The molecule has 15 heavy (non-hydrogen) atoms. The van der Waals surface area contributed by atoms with Crippen molar-refractivity contribution in [2.75, 3.05) is 6.61 Å². The average molecular weight is 206 g/mol. The third-order valence-electron chi connectivity index (χ3n) is 2.26. The van der Waals surface area contributed by atoms with Crippen LogP contribution in [0.15, 0.2) is 18.2 Å². The molecule has 0 N–H and O–H groups in total. The zero-order valence-corrected chi connectivity index (χ0v) is 9.67. The molecule has 0 amide bonds. The number of rotatable bonds is 5. The van der Waals surface area contributed by atoms with Crippen LogP contribution in [-0.4, -0.2) is 12.4 Å². The third kappa shape index (κ3) is 3.74. The largest absolute Gasteiger partial charge is 0.486 e. The first-order valence-corrected chi connectivity index (χ1v) is 5.35. The predicted molar refractivity (Wildman–Crippen MR) is 61.3 cm³/mol. The molecule has 0 aromatic heterocycles. The van der Waals surface area contributed by atoms with Crippen molar-refractivity contribution in [2.24, 2.45) is 0 Å². The van der Waals surface area contributed by atoms with Crippen LogP contribution in [0.4, 0.5) is 0 Å². The van der Waals surface area contributed by atoms with Gasteiger partial charge in [-0.15, -0.1) is 0 Å². The molecule has 2 nitrogen and oxygen atoms in total. The zero-order chi connectivity index (χ0) is 11.3. The number of carbonyl (C=O) groups excluding carboxylic acids is 1. The molecule has 0 saturated heterocycles. The lowest BCUT2D eigenvalue weighted by molar-refractivity contribution is -0.121. The van der Waals surface area contributed by atoms with Crippen LogP contribution in [0.25, 0.3) is 0 Å². The van der Waals surface area contributed by atoms with E-state index >= 15 is 0 Å². The summed E-state index contributed by atoms with van der Waals surface area (Å²) in [5.41, 5.74) is 2.23. The van der Waals surface area contributed by atoms with Gasteiger partial charge in [0, 0.05) is 6.42 Å². The summed E-state index contributed by atoms with van der Waals surface area (Å²) in [6.07, 6.45) is 1.49. The number of ketones is 1. The standard InChI is InChI=1S/C13H18O2/c1-4-5-12(14)9-15-13-8-10(2)6-7-11(13)3/h6-8H,4-5,9H2,1-3H3. The molecule has 2 heteroatoms. The van der Waals surface area contributed by atoms with Crippen molar-refractivity contribution in [1.29, 1.82) is 0 Å². The van der Waals surface area contributed by atoms with Gasteiger partial charge in [0.2, 0.25) is 0 Å². The first kappa shape index (κ1) is 11.8. The molecule has 0 fully saturated rings. The SMILES string of the molecule is CCCC(=O)COc1cc(C)ccc1C. The van der Waals surface area contributed by atoms with Gasteiger partial charge in [0.15, 0.2) is 5.78 Å². The Kier molecular flexibility index (Phi) is 4.35. The summed E-state index contributed by atoms with van der Waals surface area (Å²) in [4.78, 5) is 11.3. The normalized spacial score (nSPS) is 10.1. The summed E-state index contributed by atoms with van der Waals surface area (Å²) in [5, 5.41) is 0. The Morgan fingerprint density at radius 2 is 2.07 bits per heavy atom. The Morgan fingerprint density at radius 1 is 1.33 bits per heavy atom. The van der Waals surface area contributed by atoms with E-state index in [0.717, 1.165) is 23.3 Å². The highest BCUT2D eigenvalue weighted by Gasteiger charge is 2.04. The van der Waals surface area contributed by atoms with Crippen molar-refractivity contribution in [3.63, 3.8) is 0 Å². The molecule has 0 radical (unpaired) electrons. The molecule has 0 saturated carbocycles. The van der Waals surface area contributed by atoms with Crippen molar-refractivity contribution >= 4 is 5.78 Å². The second-order valence-corrected chi connectivity index (χ2v) is 3.85. The number of hydrogen-bond acceptors (Lipinski definition) is 2. The summed E-state index contributed by atoms with van der Waals surface area (Å²) in [6.45, 7) is 6.19. The quantitative estimate of drug-likeness (QED) is 0.740. The number of benzene rings is 1. The van der Waals surface area contributed by atoms with Gasteiger partial charge in [0.25, 0.3) is 0 Å². The highest BCUT2D eigenvalue weighted by atomic mass is 16.5. The highest BCUT2D eigenvalue weighted by Crippen LogP contribution is 2.18. The van der Waals surface area contributed by atoms with Gasteiger partial charge in [-0.25, -0.2) is 0 Å². The van der Waals surface area contributed by atoms with E-state index in [1.807, 2.05) is 39.0 Å². The van der Waals surface area contributed by atoms with E-state index in [1.54, 1.807) is 0 Å². The summed E-state index contributed by atoms with van der Waals surface area (Å²) < 4.78 is 5.48. The lowest BCUT2D eigenvalue weighted by Gasteiger charge is -2.08. The summed E-state index contributed by atoms with van der Waals surface area (Å²) in [7, 11) is 0. The Labute approximate surface area is 91.3 Å². The van der Waals surface area contributed by atoms with Gasteiger partial charge in [-0.1, -0.05) is 19.1 Å². The topological polar surface area (TPSA) is 26.3 Å². The first-order valence-electron chi connectivity index (χ1n) is 5.35. The molecule has 0 aliphatic heterocycles. The van der Waals surface area contributed by atoms with Crippen molar-refractivity contribution in [1.82, 2.24) is 0 Å². The highest BCUT2D eigenvalue weighted by molar-refractivity contribution is 5.79. The van der Waals surface area contributed by atoms with Crippen LogP contribution < -0.4 is 4.74 Å². The van der Waals surface area contributed by atoms with Gasteiger partial charge in [0.1, 0.15) is 12.4 Å². The molecule has 0 aliphatic carbocycles. The van der Waals surface area contributed by atoms with E-state index in [9.17, 15) is 4.79 Å². The molecule has 0 heterocycles. The second-order valence-electron chi connectivity index (χ2n) is 3.85. The zero-order valence-electron chi connectivity index (χ0n) is 9.67. The molecule has 82 valence electrons. The smallest absolute Gasteiger partial charge is 0.170 e. The summed E-state index contributed by atoms with van der Waals surface area (Å²) in [5.74, 6) is 0.984. The fourth-order valence-corrected chi connectivity index (χ4v) is 1.37. The predicted octanol–water partition coefficient (Wildman–Crippen LogP) is 3.05. The summed E-state index contributed by atoms with van der Waals surface area (Å²) in [6, 6.07) is 6.01. The van der Waals surface area contributed by atoms with Crippen LogP contribution in [-0.2, 0) is 4.79 Å². The van der Waals surface area contributed by atoms with Gasteiger partial charge >= 0.3 is 0 Å². The lowest BCUT2D eigenvalue weighted by Crippen LogP contribution is -2.11. The molecular formula is C13H18O2. The number of aryl methyl sites for hydroxylation is 2. The number of Topliss-reactive ketones (excluding diaryl/α,β-unsaturated/α-hetero) is 1. The van der Waals surface area contributed by atoms with Crippen LogP contribution in [0.5, 0.6) is 5.75 Å². The van der Waals surface area contributed by atoms with E-state index in [4.69, 9.17) is 4.74 Å². The number of carbonyl (C=O) groups is 1. The Balaban J connectivity index is 2.57. The van der Waals surface area contributed by atoms with Gasteiger partial charge in [-0.2, -0.15) is 0 Å². The van der Waals surface area contributed by atoms with Gasteiger partial charge in [0.05, 0.1) is 0 Å². The van der Waals surface area contributed by atoms with Crippen LogP contribution in [0.3, 0.4) is 0 Å². The molecule has 0 spiro atoms. The second kappa shape index (κ2) is 5.54. The summed E-state index contributed by atoms with van der Waals surface area (Å²) >= 11 is 0. The first-order chi connectivity index (χ1) is 7.13. The molecule has 1 aromatic carbocycles. The lowest BCUT2D eigenvalue weighted by atomic mass is 10.1. The van der Waals surface area contributed by atoms with Crippen LogP contribution in [0.1, 0.15) is 30.9 Å². The average Bonchev–Trinajstić information content (AvgIpc) is 2.20. The van der Waals surface area contributed by atoms with E-state index in [2.05, 4.69) is 0 Å². The Bertz CT molecular complexity index is 342. The fourth-order valence-electron chi connectivity index (χ4n) is 1.37. The molecule has 0 unspecified atom stereocenters. The van der Waals surface area contributed by atoms with Crippen LogP contribution in [0.2, 0.25) is 0 Å². The Morgan fingerprint density at radius 3 is 2.73 bits per heavy atom. The van der Waals surface area contributed by atoms with E-state index in [-0.39, 0.29) is 12.4 Å². The maximum Gasteiger partial charge on any atom is 0.170 e. The van der Waals surface area contributed by atoms with E-state index in [1.165, 1.54) is 0 Å². The fraction of sp³-hybridized carbons (Fsp3) is 0.462.